The molecule has 0 atom stereocenters. The first-order chi connectivity index (χ1) is 6.73. The highest BCUT2D eigenvalue weighted by molar-refractivity contribution is 5.15. The molecule has 1 spiro atoms. The smallest absolute Gasteiger partial charge is 0.0153 e. The first kappa shape index (κ1) is 11.6. The zero-order chi connectivity index (χ0) is 10.6. The molecular weight excluding hydrogens is 172 g/mol. The molecule has 0 aliphatic carbocycles. The third kappa shape index (κ3) is 2.11. The van der Waals surface area contributed by atoms with E-state index >= 15 is 0 Å². The van der Waals surface area contributed by atoms with Crippen molar-refractivity contribution < 1.29 is 0 Å². The lowest BCUT2D eigenvalue weighted by atomic mass is 9.76. The minimum atomic E-state index is 0.465. The summed E-state index contributed by atoms with van der Waals surface area (Å²) in [5, 5.41) is 3.38. The fourth-order valence-electron chi connectivity index (χ4n) is 2.39. The molecule has 2 nitrogen and oxygen atoms in total. The lowest BCUT2D eigenvalue weighted by Crippen LogP contribution is -2.37. The van der Waals surface area contributed by atoms with Crippen LogP contribution in [-0.4, -0.2) is 31.6 Å². The van der Waals surface area contributed by atoms with E-state index in [4.69, 9.17) is 0 Å². The highest BCUT2D eigenvalue weighted by Gasteiger charge is 2.39. The number of nitrogens with zero attached hydrogens (tertiary/aromatic N) is 1. The molecule has 2 aliphatic heterocycles. The summed E-state index contributed by atoms with van der Waals surface area (Å²) in [7, 11) is 2.21. The Morgan fingerprint density at radius 3 is 2.21 bits per heavy atom. The van der Waals surface area contributed by atoms with Crippen LogP contribution in [0.25, 0.3) is 0 Å². The number of hydrogen-bond donors (Lipinski definition) is 1. The van der Waals surface area contributed by atoms with Crippen LogP contribution < -0.4 is 5.32 Å². The molecule has 14 heavy (non-hydrogen) atoms. The van der Waals surface area contributed by atoms with Crippen molar-refractivity contribution in [3.05, 3.63) is 12.3 Å². The standard InChI is InChI=1S/C10H18N2.C2H6/c1-9-10(3-6-11-9)4-7-12(2)8-5-10;1-2/h11H,1,3-8H2,2H3;1-2H3. The topological polar surface area (TPSA) is 15.3 Å². The normalized spacial score (nSPS) is 25.5. The molecule has 1 N–H and O–H groups in total. The van der Waals surface area contributed by atoms with E-state index in [-0.39, 0.29) is 0 Å². The van der Waals surface area contributed by atoms with Gasteiger partial charge in [-0.25, -0.2) is 0 Å². The Bertz CT molecular complexity index is 190. The molecule has 0 aromatic heterocycles. The van der Waals surface area contributed by atoms with Crippen LogP contribution in [0, 0.1) is 5.41 Å². The second kappa shape index (κ2) is 4.83. The average Bonchev–Trinajstić information content (AvgIpc) is 2.57. The van der Waals surface area contributed by atoms with Gasteiger partial charge in [0.15, 0.2) is 0 Å². The van der Waals surface area contributed by atoms with Gasteiger partial charge in [-0.3, -0.25) is 0 Å². The lowest BCUT2D eigenvalue weighted by Gasteiger charge is -2.37. The number of rotatable bonds is 0. The summed E-state index contributed by atoms with van der Waals surface area (Å²) in [6.07, 6.45) is 3.91. The highest BCUT2D eigenvalue weighted by atomic mass is 15.1. The SMILES string of the molecule is C=C1NCCC12CCN(C)CC2.CC. The quantitative estimate of drug-likeness (QED) is 0.639. The van der Waals surface area contributed by atoms with Crippen molar-refractivity contribution in [1.29, 1.82) is 0 Å². The van der Waals surface area contributed by atoms with Gasteiger partial charge in [0, 0.05) is 17.7 Å². The number of piperidine rings is 1. The van der Waals surface area contributed by atoms with Gasteiger partial charge in [0.1, 0.15) is 0 Å². The van der Waals surface area contributed by atoms with E-state index in [2.05, 4.69) is 23.8 Å². The second-order valence-corrected chi connectivity index (χ2v) is 4.24. The van der Waals surface area contributed by atoms with Crippen molar-refractivity contribution in [2.75, 3.05) is 26.7 Å². The van der Waals surface area contributed by atoms with Crippen molar-refractivity contribution in [2.24, 2.45) is 5.41 Å². The molecule has 2 heterocycles. The van der Waals surface area contributed by atoms with Gasteiger partial charge in [0.05, 0.1) is 0 Å². The maximum atomic E-state index is 4.13. The largest absolute Gasteiger partial charge is 0.388 e. The molecule has 0 aromatic carbocycles. The molecule has 2 saturated heterocycles. The zero-order valence-electron chi connectivity index (χ0n) is 9.90. The molecule has 2 heteroatoms. The summed E-state index contributed by atoms with van der Waals surface area (Å²) in [5.41, 5.74) is 1.77. The van der Waals surface area contributed by atoms with Crippen LogP contribution in [-0.2, 0) is 0 Å². The van der Waals surface area contributed by atoms with Crippen LogP contribution in [0.5, 0.6) is 0 Å². The van der Waals surface area contributed by atoms with Crippen LogP contribution in [0.1, 0.15) is 33.1 Å². The number of allylic oxidation sites excluding steroid dienone is 1. The van der Waals surface area contributed by atoms with Crippen molar-refractivity contribution >= 4 is 0 Å². The molecule has 0 aromatic rings. The summed E-state index contributed by atoms with van der Waals surface area (Å²) < 4.78 is 0. The first-order valence-corrected chi connectivity index (χ1v) is 5.85. The van der Waals surface area contributed by atoms with Crippen molar-refractivity contribution in [1.82, 2.24) is 10.2 Å². The predicted octanol–water partition coefficient (Wildman–Crippen LogP) is 2.23. The van der Waals surface area contributed by atoms with Gasteiger partial charge in [-0.05, 0) is 39.4 Å². The Hall–Kier alpha value is -0.500. The summed E-state index contributed by atoms with van der Waals surface area (Å²) in [6, 6.07) is 0. The third-order valence-electron chi connectivity index (χ3n) is 3.53. The minimum absolute atomic E-state index is 0.465. The Morgan fingerprint density at radius 1 is 1.21 bits per heavy atom. The molecule has 2 aliphatic rings. The maximum absolute atomic E-state index is 4.13. The minimum Gasteiger partial charge on any atom is -0.388 e. The summed E-state index contributed by atoms with van der Waals surface area (Å²) >= 11 is 0. The Morgan fingerprint density at radius 2 is 1.79 bits per heavy atom. The molecule has 2 fully saturated rings. The third-order valence-corrected chi connectivity index (χ3v) is 3.53. The lowest BCUT2D eigenvalue weighted by molar-refractivity contribution is 0.161. The number of nitrogens with one attached hydrogen (secondary N) is 1. The van der Waals surface area contributed by atoms with Crippen LogP contribution in [0.3, 0.4) is 0 Å². The molecule has 0 radical (unpaired) electrons. The van der Waals surface area contributed by atoms with E-state index in [1.54, 1.807) is 0 Å². The van der Waals surface area contributed by atoms with Crippen molar-refractivity contribution in [2.45, 2.75) is 33.1 Å². The van der Waals surface area contributed by atoms with Gasteiger partial charge in [-0.2, -0.15) is 0 Å². The number of likely N-dealkylation sites (tertiary alicyclic amines) is 1. The molecule has 82 valence electrons. The fraction of sp³-hybridized carbons (Fsp3) is 0.833. The zero-order valence-corrected chi connectivity index (χ0v) is 9.90. The van der Waals surface area contributed by atoms with E-state index < -0.39 is 0 Å². The fourth-order valence-corrected chi connectivity index (χ4v) is 2.39. The Labute approximate surface area is 88.4 Å². The van der Waals surface area contributed by atoms with Gasteiger partial charge in [0.25, 0.3) is 0 Å². The van der Waals surface area contributed by atoms with Gasteiger partial charge < -0.3 is 10.2 Å². The first-order valence-electron chi connectivity index (χ1n) is 5.85. The van der Waals surface area contributed by atoms with E-state index in [0.29, 0.717) is 5.41 Å². The molecule has 0 unspecified atom stereocenters. The van der Waals surface area contributed by atoms with Crippen LogP contribution in [0.15, 0.2) is 12.3 Å². The van der Waals surface area contributed by atoms with Crippen LogP contribution in [0.4, 0.5) is 0 Å². The van der Waals surface area contributed by atoms with Crippen LogP contribution >= 0.6 is 0 Å². The van der Waals surface area contributed by atoms with Crippen LogP contribution in [0.2, 0.25) is 0 Å². The van der Waals surface area contributed by atoms with Crippen molar-refractivity contribution in [3.63, 3.8) is 0 Å². The van der Waals surface area contributed by atoms with Gasteiger partial charge in [-0.15, -0.1) is 0 Å². The summed E-state index contributed by atoms with van der Waals surface area (Å²) in [5.74, 6) is 0. The van der Waals surface area contributed by atoms with Gasteiger partial charge in [0.2, 0.25) is 0 Å². The monoisotopic (exact) mass is 196 g/mol. The van der Waals surface area contributed by atoms with Gasteiger partial charge >= 0.3 is 0 Å². The van der Waals surface area contributed by atoms with Crippen molar-refractivity contribution in [3.8, 4) is 0 Å². The summed E-state index contributed by atoms with van der Waals surface area (Å²) in [4.78, 5) is 2.41. The molecule has 2 rings (SSSR count). The Kier molecular flexibility index (Phi) is 3.99. The number of hydrogen-bond acceptors (Lipinski definition) is 2. The van der Waals surface area contributed by atoms with E-state index in [0.717, 1.165) is 6.54 Å². The predicted molar refractivity (Wildman–Crippen MR) is 62.3 cm³/mol. The molecular formula is C12H24N2. The molecule has 0 amide bonds. The Balaban J connectivity index is 0.000000461. The van der Waals surface area contributed by atoms with E-state index in [1.165, 1.54) is 38.0 Å². The maximum Gasteiger partial charge on any atom is 0.0153 e. The second-order valence-electron chi connectivity index (χ2n) is 4.24. The van der Waals surface area contributed by atoms with E-state index in [1.807, 2.05) is 13.8 Å². The molecule has 0 bridgehead atoms. The summed E-state index contributed by atoms with van der Waals surface area (Å²) in [6.45, 7) is 11.7. The van der Waals surface area contributed by atoms with E-state index in [9.17, 15) is 0 Å². The average molecular weight is 196 g/mol. The highest BCUT2D eigenvalue weighted by Crippen LogP contribution is 2.42. The van der Waals surface area contributed by atoms with Gasteiger partial charge in [-0.1, -0.05) is 20.4 Å². The molecule has 0 saturated carbocycles.